The van der Waals surface area contributed by atoms with Crippen molar-refractivity contribution in [3.05, 3.63) is 78.2 Å². The molecule has 0 unspecified atom stereocenters. The number of amides is 7. The number of aromatic nitrogens is 8. The minimum Gasteiger partial charge on any atom is -0.363 e. The van der Waals surface area contributed by atoms with Crippen LogP contribution in [0.2, 0.25) is 0 Å². The van der Waals surface area contributed by atoms with Gasteiger partial charge in [0.15, 0.2) is 17.5 Å². The van der Waals surface area contributed by atoms with Crippen molar-refractivity contribution in [2.24, 2.45) is 41.0 Å². The lowest BCUT2D eigenvalue weighted by Crippen LogP contribution is -2.29. The number of nitrogens with one attached hydrogen (secondary N) is 6. The minimum atomic E-state index is -0.725. The van der Waals surface area contributed by atoms with E-state index >= 15 is 0 Å². The van der Waals surface area contributed by atoms with Crippen LogP contribution in [0, 0.1) is 0 Å². The van der Waals surface area contributed by atoms with E-state index in [1.54, 1.807) is 58.4 Å². The molecule has 0 aliphatic heterocycles. The lowest BCUT2D eigenvalue weighted by molar-refractivity contribution is -0.117. The normalized spacial score (nSPS) is 10.8. The second-order valence-corrected chi connectivity index (χ2v) is 12.7. The molecule has 0 aliphatic rings. The predicted octanol–water partition coefficient (Wildman–Crippen LogP) is 0.0749. The van der Waals surface area contributed by atoms with Gasteiger partial charge in [0.2, 0.25) is 23.5 Å². The van der Waals surface area contributed by atoms with Crippen LogP contribution in [0.5, 0.6) is 0 Å². The Morgan fingerprint density at radius 1 is 0.571 bits per heavy atom. The zero-order valence-electron chi connectivity index (χ0n) is 31.2. The molecule has 0 aromatic carbocycles. The molecule has 0 bridgehead atoms. The summed E-state index contributed by atoms with van der Waals surface area (Å²) in [7, 11) is 8.11. The third kappa shape index (κ3) is 9.71. The molecule has 5 rings (SSSR count). The summed E-state index contributed by atoms with van der Waals surface area (Å²) in [4.78, 5) is 99.5. The summed E-state index contributed by atoms with van der Waals surface area (Å²) < 4.78 is 7.45. The molecule has 56 heavy (non-hydrogen) atoms. The molecule has 5 heterocycles. The van der Waals surface area contributed by atoms with Crippen LogP contribution in [-0.4, -0.2) is 92.2 Å². The molecule has 0 spiro atoms. The maximum atomic E-state index is 13.1. The van der Waals surface area contributed by atoms with Crippen LogP contribution in [0.3, 0.4) is 0 Å². The Labute approximate surface area is 318 Å². The van der Waals surface area contributed by atoms with Gasteiger partial charge in [0.05, 0.1) is 11.4 Å². The average molecular weight is 772 g/mol. The van der Waals surface area contributed by atoms with Crippen molar-refractivity contribution >= 4 is 64.4 Å². The molecule has 7 amide bonds. The first kappa shape index (κ1) is 39.7. The maximum absolute atomic E-state index is 13.1. The second-order valence-electron chi connectivity index (χ2n) is 12.7. The average Bonchev–Trinajstić information content (AvgIpc) is 3.95. The third-order valence-corrected chi connectivity index (χ3v) is 8.23. The zero-order valence-corrected chi connectivity index (χ0v) is 31.2. The highest BCUT2D eigenvalue weighted by molar-refractivity contribution is 6.04. The molecule has 22 nitrogen and oxygen atoms in total. The predicted molar refractivity (Wildman–Crippen MR) is 201 cm³/mol. The molecule has 0 radical (unpaired) electrons. The maximum Gasteiger partial charge on any atom is 0.291 e. The molecule has 5 aromatic rings. The van der Waals surface area contributed by atoms with Crippen molar-refractivity contribution in [1.82, 2.24) is 48.4 Å². The van der Waals surface area contributed by atoms with Crippen LogP contribution >= 0.6 is 0 Å². The summed E-state index contributed by atoms with van der Waals surface area (Å²) in [5.41, 5.74) is 6.46. The minimum absolute atomic E-state index is 0.00324. The van der Waals surface area contributed by atoms with E-state index in [1.165, 1.54) is 49.0 Å². The van der Waals surface area contributed by atoms with Crippen molar-refractivity contribution in [3.63, 3.8) is 0 Å². The lowest BCUT2D eigenvalue weighted by atomic mass is 10.3. The Bertz CT molecular complexity index is 2320. The molecule has 0 fully saturated rings. The number of hydrogen-bond donors (Lipinski definition) is 7. The molecule has 0 saturated heterocycles. The second kappa shape index (κ2) is 17.1. The van der Waals surface area contributed by atoms with Crippen molar-refractivity contribution in [1.29, 1.82) is 0 Å². The number of imidazole rings is 3. The molecular formula is C34H41N15O7. The molecule has 0 saturated carbocycles. The van der Waals surface area contributed by atoms with E-state index in [9.17, 15) is 33.6 Å². The van der Waals surface area contributed by atoms with E-state index in [0.717, 1.165) is 0 Å². The van der Waals surface area contributed by atoms with Crippen LogP contribution in [0.1, 0.15) is 72.1 Å². The first-order valence-electron chi connectivity index (χ1n) is 17.0. The van der Waals surface area contributed by atoms with Gasteiger partial charge in [-0.05, 0) is 18.6 Å². The lowest BCUT2D eigenvalue weighted by Gasteiger charge is -2.06. The fourth-order valence-electron chi connectivity index (χ4n) is 5.50. The van der Waals surface area contributed by atoms with Gasteiger partial charge < -0.3 is 60.5 Å². The van der Waals surface area contributed by atoms with Crippen molar-refractivity contribution in [3.8, 4) is 0 Å². The van der Waals surface area contributed by atoms with Gasteiger partial charge in [0, 0.05) is 98.4 Å². The van der Waals surface area contributed by atoms with E-state index in [0.29, 0.717) is 17.8 Å². The summed E-state index contributed by atoms with van der Waals surface area (Å²) >= 11 is 0. The van der Waals surface area contributed by atoms with Crippen LogP contribution in [-0.2, 0) is 44.8 Å². The fraction of sp³-hybridized carbons (Fsp3) is 0.294. The van der Waals surface area contributed by atoms with E-state index in [-0.39, 0.29) is 72.3 Å². The number of hydrogen-bond acceptors (Lipinski definition) is 10. The van der Waals surface area contributed by atoms with Gasteiger partial charge in [0.25, 0.3) is 29.5 Å². The number of carbonyl (C=O) groups is 7. The molecule has 294 valence electrons. The zero-order chi connectivity index (χ0) is 40.7. The third-order valence-electron chi connectivity index (χ3n) is 8.23. The van der Waals surface area contributed by atoms with E-state index in [4.69, 9.17) is 5.73 Å². The number of aryl methyl sites for hydroxylation is 5. The smallest absolute Gasteiger partial charge is 0.291 e. The van der Waals surface area contributed by atoms with E-state index in [2.05, 4.69) is 46.9 Å². The Balaban J connectivity index is 1.04. The summed E-state index contributed by atoms with van der Waals surface area (Å²) in [6, 6.07) is 2.98. The van der Waals surface area contributed by atoms with Crippen molar-refractivity contribution < 1.29 is 33.6 Å². The Kier molecular flexibility index (Phi) is 12.1. The molecule has 0 atom stereocenters. The van der Waals surface area contributed by atoms with Crippen LogP contribution < -0.4 is 37.6 Å². The van der Waals surface area contributed by atoms with Crippen LogP contribution in [0.25, 0.3) is 0 Å². The quantitative estimate of drug-likeness (QED) is 0.0663. The number of nitrogens with zero attached hydrogens (tertiary/aromatic N) is 8. The van der Waals surface area contributed by atoms with Crippen LogP contribution in [0.15, 0.2) is 49.3 Å². The number of primary amides is 1. The van der Waals surface area contributed by atoms with Gasteiger partial charge in [-0.1, -0.05) is 0 Å². The van der Waals surface area contributed by atoms with Crippen molar-refractivity contribution in [2.75, 3.05) is 34.4 Å². The summed E-state index contributed by atoms with van der Waals surface area (Å²) in [6.07, 6.45) is 9.48. The first-order valence-corrected chi connectivity index (χ1v) is 17.0. The number of rotatable bonds is 16. The molecule has 8 N–H and O–H groups in total. The highest BCUT2D eigenvalue weighted by Crippen LogP contribution is 2.17. The Morgan fingerprint density at radius 3 is 1.59 bits per heavy atom. The highest BCUT2D eigenvalue weighted by atomic mass is 16.2. The summed E-state index contributed by atoms with van der Waals surface area (Å²) in [5, 5.41) is 16.0. The van der Waals surface area contributed by atoms with Gasteiger partial charge in [-0.25, -0.2) is 15.0 Å². The molecule has 5 aromatic heterocycles. The monoisotopic (exact) mass is 771 g/mol. The van der Waals surface area contributed by atoms with Gasteiger partial charge in [-0.2, -0.15) is 0 Å². The van der Waals surface area contributed by atoms with Crippen molar-refractivity contribution in [2.45, 2.75) is 19.3 Å². The van der Waals surface area contributed by atoms with E-state index < -0.39 is 35.4 Å². The van der Waals surface area contributed by atoms with Gasteiger partial charge >= 0.3 is 0 Å². The van der Waals surface area contributed by atoms with E-state index in [1.807, 2.05) is 0 Å². The highest BCUT2D eigenvalue weighted by Gasteiger charge is 2.20. The fourth-order valence-corrected chi connectivity index (χ4v) is 5.50. The first-order chi connectivity index (χ1) is 26.6. The largest absolute Gasteiger partial charge is 0.363 e. The number of carbonyl (C=O) groups excluding carboxylic acids is 7. The van der Waals surface area contributed by atoms with Gasteiger partial charge in [-0.3, -0.25) is 33.6 Å². The summed E-state index contributed by atoms with van der Waals surface area (Å²) in [6.45, 7) is 0.182. The van der Waals surface area contributed by atoms with Gasteiger partial charge in [-0.15, -0.1) is 0 Å². The van der Waals surface area contributed by atoms with Gasteiger partial charge in [0.1, 0.15) is 11.4 Å². The Morgan fingerprint density at radius 2 is 1.07 bits per heavy atom. The standard InChI is InChI=1S/C34H41N15O7/c1-45-12-11-36-29(45)33(55)39-19-13-22(47(3)15-19)32(54)38-10-8-26(51)42-24-18-49(5)30(44-24)34(56)40-20-14-21(46(2)16-20)31(53)37-9-6-7-25(50)41-23-17-48(4)28(43-23)27(35)52/h11-18H,6-10H2,1-5H3,(H2,35,52)(H,37,53)(H,38,54)(H,39,55)(H,40,56)(H,41,50)(H,42,51). The number of anilines is 4. The Hall–Kier alpha value is -7.52. The molecule has 0 aliphatic carbocycles. The summed E-state index contributed by atoms with van der Waals surface area (Å²) in [5.74, 6) is -2.97. The topological polar surface area (TPSA) is 281 Å². The number of nitrogens with two attached hydrogens (primary N) is 1. The molecule has 22 heteroatoms. The molecular weight excluding hydrogens is 730 g/mol. The van der Waals surface area contributed by atoms with Crippen LogP contribution in [0.4, 0.5) is 23.0 Å². The SMILES string of the molecule is Cn1cc(NC(=O)c2nc(NC(=O)CCNC(=O)c3cc(NC(=O)c4nccn4C)cn3C)cn2C)cc1C(=O)NCCCC(=O)Nc1cn(C)c(C(N)=O)n1.